The predicted molar refractivity (Wildman–Crippen MR) is 37.5 cm³/mol. The Labute approximate surface area is 60.9 Å². The summed E-state index contributed by atoms with van der Waals surface area (Å²) in [6, 6.07) is 0. The van der Waals surface area contributed by atoms with Crippen LogP contribution in [0.2, 0.25) is 0 Å². The Morgan fingerprint density at radius 1 is 0.800 bits per heavy atom. The van der Waals surface area contributed by atoms with Crippen molar-refractivity contribution in [1.82, 2.24) is 0 Å². The van der Waals surface area contributed by atoms with Crippen molar-refractivity contribution in [2.45, 2.75) is 37.9 Å². The molecule has 10 heavy (non-hydrogen) atoms. The Bertz CT molecular complexity index is 119. The minimum absolute atomic E-state index is 0.398. The molecular weight excluding hydrogens is 128 g/mol. The van der Waals surface area contributed by atoms with Crippen LogP contribution in [0.15, 0.2) is 0 Å². The molecule has 2 fully saturated rings. The largest absolute Gasteiger partial charge is 0.390 e. The van der Waals surface area contributed by atoms with Crippen molar-refractivity contribution >= 4 is 0 Å². The molecule has 2 unspecified atom stereocenters. The number of rotatable bonds is 0. The van der Waals surface area contributed by atoms with E-state index in [4.69, 9.17) is 0 Å². The third-order valence-corrected chi connectivity index (χ3v) is 3.10. The fourth-order valence-electron chi connectivity index (χ4n) is 2.40. The summed E-state index contributed by atoms with van der Waals surface area (Å²) in [5.41, 5.74) is 0. The molecule has 0 aliphatic heterocycles. The number of hydrogen-bond donors (Lipinski definition) is 2. The van der Waals surface area contributed by atoms with Crippen LogP contribution in [-0.4, -0.2) is 22.4 Å². The molecular formula is C8H14O2. The van der Waals surface area contributed by atoms with E-state index in [-0.39, 0.29) is 0 Å². The molecule has 2 aliphatic rings. The Morgan fingerprint density at radius 2 is 1.20 bits per heavy atom. The van der Waals surface area contributed by atoms with E-state index < -0.39 is 12.2 Å². The van der Waals surface area contributed by atoms with E-state index in [1.807, 2.05) is 0 Å². The summed E-state index contributed by atoms with van der Waals surface area (Å²) in [5, 5.41) is 18.5. The summed E-state index contributed by atoms with van der Waals surface area (Å²) in [4.78, 5) is 0. The molecule has 0 aromatic rings. The minimum Gasteiger partial charge on any atom is -0.390 e. The first kappa shape index (κ1) is 6.62. The van der Waals surface area contributed by atoms with E-state index in [1.54, 1.807) is 0 Å². The van der Waals surface area contributed by atoms with Gasteiger partial charge in [-0.1, -0.05) is 12.8 Å². The number of fused-ring (bicyclic) bond motifs is 1. The Hall–Kier alpha value is -0.0800. The lowest BCUT2D eigenvalue weighted by atomic mass is 9.61. The van der Waals surface area contributed by atoms with Gasteiger partial charge >= 0.3 is 0 Å². The zero-order chi connectivity index (χ0) is 7.14. The molecule has 0 spiro atoms. The van der Waals surface area contributed by atoms with Gasteiger partial charge in [0.15, 0.2) is 0 Å². The van der Waals surface area contributed by atoms with E-state index in [1.165, 1.54) is 12.8 Å². The predicted octanol–water partition coefficient (Wildman–Crippen LogP) is 0.528. The highest BCUT2D eigenvalue weighted by Crippen LogP contribution is 2.44. The van der Waals surface area contributed by atoms with E-state index in [2.05, 4.69) is 0 Å². The van der Waals surface area contributed by atoms with Gasteiger partial charge in [-0.15, -0.1) is 0 Å². The molecule has 0 aromatic heterocycles. The fourth-order valence-corrected chi connectivity index (χ4v) is 2.40. The molecule has 0 saturated heterocycles. The van der Waals surface area contributed by atoms with Gasteiger partial charge in [0, 0.05) is 0 Å². The highest BCUT2D eigenvalue weighted by Gasteiger charge is 2.48. The first-order chi connectivity index (χ1) is 4.80. The zero-order valence-corrected chi connectivity index (χ0v) is 6.03. The summed E-state index contributed by atoms with van der Waals surface area (Å²) in [6.07, 6.45) is 3.94. The van der Waals surface area contributed by atoms with Crippen LogP contribution in [-0.2, 0) is 0 Å². The van der Waals surface area contributed by atoms with Crippen molar-refractivity contribution in [2.24, 2.45) is 11.8 Å². The molecule has 2 saturated carbocycles. The second kappa shape index (κ2) is 2.21. The van der Waals surface area contributed by atoms with Crippen LogP contribution in [0.1, 0.15) is 25.7 Å². The van der Waals surface area contributed by atoms with Crippen molar-refractivity contribution in [1.29, 1.82) is 0 Å². The first-order valence-electron chi connectivity index (χ1n) is 4.17. The van der Waals surface area contributed by atoms with Gasteiger partial charge in [0.2, 0.25) is 0 Å². The number of aliphatic hydroxyl groups excluding tert-OH is 2. The summed E-state index contributed by atoms with van der Waals surface area (Å²) in [6.45, 7) is 0. The Morgan fingerprint density at radius 3 is 1.60 bits per heavy atom. The van der Waals surface area contributed by atoms with Crippen LogP contribution in [0.25, 0.3) is 0 Å². The van der Waals surface area contributed by atoms with Crippen molar-refractivity contribution < 1.29 is 10.2 Å². The smallest absolute Gasteiger partial charge is 0.0833 e. The van der Waals surface area contributed by atoms with E-state index in [0.29, 0.717) is 11.8 Å². The van der Waals surface area contributed by atoms with E-state index >= 15 is 0 Å². The van der Waals surface area contributed by atoms with E-state index in [0.717, 1.165) is 12.8 Å². The first-order valence-corrected chi connectivity index (χ1v) is 4.17. The number of aliphatic hydroxyl groups is 2. The molecule has 0 aromatic carbocycles. The van der Waals surface area contributed by atoms with Crippen LogP contribution in [0.3, 0.4) is 0 Å². The molecule has 0 bridgehead atoms. The molecule has 0 heterocycles. The van der Waals surface area contributed by atoms with Gasteiger partial charge in [0.1, 0.15) is 0 Å². The van der Waals surface area contributed by atoms with Crippen molar-refractivity contribution in [3.8, 4) is 0 Å². The lowest BCUT2D eigenvalue weighted by molar-refractivity contribution is -0.168. The van der Waals surface area contributed by atoms with Gasteiger partial charge in [-0.3, -0.25) is 0 Å². The Kier molecular flexibility index (Phi) is 1.46. The molecule has 4 atom stereocenters. The maximum Gasteiger partial charge on any atom is 0.0833 e. The maximum atomic E-state index is 9.26. The second-order valence-corrected chi connectivity index (χ2v) is 3.59. The zero-order valence-electron chi connectivity index (χ0n) is 6.03. The van der Waals surface area contributed by atoms with Gasteiger partial charge in [-0.25, -0.2) is 0 Å². The standard InChI is InChI=1S/C8H14O2/c9-7-5-3-1-2-4-6(5)8(7)10/h5-10H,1-4H2/t5-,6+,7?,8?. The van der Waals surface area contributed by atoms with Gasteiger partial charge in [-0.2, -0.15) is 0 Å². The molecule has 0 amide bonds. The molecule has 2 nitrogen and oxygen atoms in total. The van der Waals surface area contributed by atoms with Crippen LogP contribution in [0, 0.1) is 11.8 Å². The van der Waals surface area contributed by atoms with Gasteiger partial charge in [0.25, 0.3) is 0 Å². The summed E-state index contributed by atoms with van der Waals surface area (Å²) < 4.78 is 0. The normalized spacial score (nSPS) is 53.4. The van der Waals surface area contributed by atoms with Crippen LogP contribution >= 0.6 is 0 Å². The third-order valence-electron chi connectivity index (χ3n) is 3.10. The third kappa shape index (κ3) is 0.722. The molecule has 2 rings (SSSR count). The number of hydrogen-bond acceptors (Lipinski definition) is 2. The van der Waals surface area contributed by atoms with E-state index in [9.17, 15) is 10.2 Å². The van der Waals surface area contributed by atoms with Crippen molar-refractivity contribution in [2.75, 3.05) is 0 Å². The van der Waals surface area contributed by atoms with Crippen LogP contribution in [0.5, 0.6) is 0 Å². The van der Waals surface area contributed by atoms with Gasteiger partial charge in [-0.05, 0) is 24.7 Å². The second-order valence-electron chi connectivity index (χ2n) is 3.59. The summed E-state index contributed by atoms with van der Waals surface area (Å²) in [5.74, 6) is 0.868. The minimum atomic E-state index is -0.398. The quantitative estimate of drug-likeness (QED) is 0.518. The lowest BCUT2D eigenvalue weighted by Gasteiger charge is -2.49. The average Bonchev–Trinajstić information content (AvgIpc) is 2.03. The van der Waals surface area contributed by atoms with Gasteiger partial charge < -0.3 is 10.2 Å². The topological polar surface area (TPSA) is 40.5 Å². The van der Waals surface area contributed by atoms with Gasteiger partial charge in [0.05, 0.1) is 12.2 Å². The monoisotopic (exact) mass is 142 g/mol. The van der Waals surface area contributed by atoms with Crippen LogP contribution in [0.4, 0.5) is 0 Å². The Balaban J connectivity index is 2.00. The highest BCUT2D eigenvalue weighted by atomic mass is 16.3. The summed E-state index contributed by atoms with van der Waals surface area (Å²) >= 11 is 0. The molecule has 2 heteroatoms. The average molecular weight is 142 g/mol. The van der Waals surface area contributed by atoms with Crippen molar-refractivity contribution in [3.05, 3.63) is 0 Å². The maximum absolute atomic E-state index is 9.26. The molecule has 2 aliphatic carbocycles. The molecule has 0 radical (unpaired) electrons. The molecule has 2 N–H and O–H groups in total. The van der Waals surface area contributed by atoms with Crippen LogP contribution < -0.4 is 0 Å². The summed E-state index contributed by atoms with van der Waals surface area (Å²) in [7, 11) is 0. The van der Waals surface area contributed by atoms with Crippen molar-refractivity contribution in [3.63, 3.8) is 0 Å². The fraction of sp³-hybridized carbons (Fsp3) is 1.00. The lowest BCUT2D eigenvalue weighted by Crippen LogP contribution is -2.56. The molecule has 58 valence electrons. The highest BCUT2D eigenvalue weighted by molar-refractivity contribution is 4.98. The SMILES string of the molecule is OC1C(O)[C@@H]2CCCC[C@H]12.